The molecule has 0 aromatic rings. The molecule has 218 valence electrons. The highest BCUT2D eigenvalue weighted by atomic mass is 19.4. The molecule has 0 radical (unpaired) electrons. The van der Waals surface area contributed by atoms with Gasteiger partial charge in [-0.05, 0) is 32.1 Å². The van der Waals surface area contributed by atoms with E-state index in [0.29, 0.717) is 45.4 Å². The Morgan fingerprint density at radius 2 is 1.00 bits per heavy atom. The van der Waals surface area contributed by atoms with Gasteiger partial charge in [0.25, 0.3) is 0 Å². The van der Waals surface area contributed by atoms with Crippen LogP contribution in [-0.4, -0.2) is 67.9 Å². The molecule has 0 aliphatic heterocycles. The average Bonchev–Trinajstić information content (AvgIpc) is 2.81. The molecular formula is C24H41F6N3O4. The first-order valence-electron chi connectivity index (χ1n) is 13.0. The lowest BCUT2D eigenvalue weighted by Crippen LogP contribution is -2.37. The van der Waals surface area contributed by atoms with Gasteiger partial charge >= 0.3 is 30.3 Å². The lowest BCUT2D eigenvalue weighted by Gasteiger charge is -2.22. The number of nitrogens with one attached hydrogen (secondary N) is 2. The molecule has 0 rings (SSSR count). The SMILES string of the molecule is CCCCOC(=O)N(CCCCCCCCNC(=O)C(F)(F)F)CCCCCCCNC(=O)C(F)(F)F. The van der Waals surface area contributed by atoms with Gasteiger partial charge in [-0.2, -0.15) is 26.3 Å². The van der Waals surface area contributed by atoms with Crippen LogP contribution in [0.5, 0.6) is 0 Å². The van der Waals surface area contributed by atoms with Crippen molar-refractivity contribution in [3.63, 3.8) is 0 Å². The summed E-state index contributed by atoms with van der Waals surface area (Å²) in [4.78, 5) is 35.5. The summed E-state index contributed by atoms with van der Waals surface area (Å²) in [7, 11) is 0. The van der Waals surface area contributed by atoms with Crippen molar-refractivity contribution in [1.29, 1.82) is 0 Å². The Balaban J connectivity index is 4.06. The second kappa shape index (κ2) is 19.8. The van der Waals surface area contributed by atoms with E-state index in [1.807, 2.05) is 17.6 Å². The zero-order valence-corrected chi connectivity index (χ0v) is 21.6. The number of halogens is 6. The summed E-state index contributed by atoms with van der Waals surface area (Å²) in [6, 6.07) is 0. The van der Waals surface area contributed by atoms with Gasteiger partial charge in [-0.25, -0.2) is 4.79 Å². The van der Waals surface area contributed by atoms with E-state index in [4.69, 9.17) is 4.74 Å². The van der Waals surface area contributed by atoms with Crippen LogP contribution < -0.4 is 10.6 Å². The largest absolute Gasteiger partial charge is 0.471 e. The maximum absolute atomic E-state index is 12.4. The number of alkyl halides is 6. The van der Waals surface area contributed by atoms with Crippen LogP contribution in [-0.2, 0) is 14.3 Å². The zero-order valence-electron chi connectivity index (χ0n) is 21.6. The Kier molecular flexibility index (Phi) is 18.7. The Hall–Kier alpha value is -2.21. The predicted octanol–water partition coefficient (Wildman–Crippen LogP) is 5.87. The van der Waals surface area contributed by atoms with Crippen LogP contribution in [0.25, 0.3) is 0 Å². The molecule has 0 aliphatic carbocycles. The summed E-state index contributed by atoms with van der Waals surface area (Å²) in [5.41, 5.74) is 0. The third-order valence-electron chi connectivity index (χ3n) is 5.53. The van der Waals surface area contributed by atoms with Crippen molar-refractivity contribution in [1.82, 2.24) is 15.5 Å². The van der Waals surface area contributed by atoms with E-state index in [-0.39, 0.29) is 19.2 Å². The molecule has 0 aliphatic rings. The Morgan fingerprint density at radius 1 is 0.622 bits per heavy atom. The molecule has 0 fully saturated rings. The van der Waals surface area contributed by atoms with E-state index in [1.54, 1.807) is 4.90 Å². The summed E-state index contributed by atoms with van der Waals surface area (Å²) < 4.78 is 78.0. The molecule has 3 amide bonds. The summed E-state index contributed by atoms with van der Waals surface area (Å²) in [6.07, 6.45) is -0.606. The number of unbranched alkanes of at least 4 members (excludes halogenated alkanes) is 10. The van der Waals surface area contributed by atoms with E-state index in [9.17, 15) is 40.7 Å². The number of rotatable bonds is 20. The van der Waals surface area contributed by atoms with Crippen molar-refractivity contribution in [2.24, 2.45) is 0 Å². The molecule has 2 N–H and O–H groups in total. The molecule has 0 saturated carbocycles. The van der Waals surface area contributed by atoms with E-state index >= 15 is 0 Å². The molecule has 0 heterocycles. The van der Waals surface area contributed by atoms with Gasteiger partial charge in [-0.1, -0.05) is 58.3 Å². The number of nitrogens with zero attached hydrogens (tertiary/aromatic N) is 1. The summed E-state index contributed by atoms with van der Waals surface area (Å²) in [6.45, 7) is 3.32. The van der Waals surface area contributed by atoms with Crippen molar-refractivity contribution in [2.45, 2.75) is 103 Å². The van der Waals surface area contributed by atoms with Gasteiger partial charge in [0.05, 0.1) is 6.61 Å². The Bertz CT molecular complexity index is 645. The molecule has 0 unspecified atom stereocenters. The lowest BCUT2D eigenvalue weighted by molar-refractivity contribution is -0.173. The standard InChI is InChI=1S/C24H41F6N3O4/c1-2-3-19-37-22(36)33(18-14-10-6-8-12-16-32-21(35)24(28,29)30)17-13-9-5-4-7-11-15-31-20(34)23(25,26)27/h2-19H2,1H3,(H,31,34)(H,32,35). The molecular weight excluding hydrogens is 508 g/mol. The second-order valence-corrected chi connectivity index (χ2v) is 8.85. The molecule has 0 aromatic heterocycles. The van der Waals surface area contributed by atoms with Gasteiger partial charge in [0, 0.05) is 26.2 Å². The molecule has 0 atom stereocenters. The molecule has 37 heavy (non-hydrogen) atoms. The minimum Gasteiger partial charge on any atom is -0.449 e. The number of amides is 3. The number of hydrogen-bond acceptors (Lipinski definition) is 4. The highest BCUT2D eigenvalue weighted by molar-refractivity contribution is 5.81. The van der Waals surface area contributed by atoms with Crippen molar-refractivity contribution >= 4 is 17.9 Å². The van der Waals surface area contributed by atoms with Crippen molar-refractivity contribution in [3.8, 4) is 0 Å². The van der Waals surface area contributed by atoms with Crippen molar-refractivity contribution < 1.29 is 45.5 Å². The van der Waals surface area contributed by atoms with Gasteiger partial charge in [-0.15, -0.1) is 0 Å². The predicted molar refractivity (Wildman–Crippen MR) is 127 cm³/mol. The van der Waals surface area contributed by atoms with Crippen molar-refractivity contribution in [3.05, 3.63) is 0 Å². The minimum atomic E-state index is -4.87. The van der Waals surface area contributed by atoms with Crippen LogP contribution in [0.4, 0.5) is 31.1 Å². The maximum Gasteiger partial charge on any atom is 0.471 e. The van der Waals surface area contributed by atoms with Crippen LogP contribution in [0, 0.1) is 0 Å². The van der Waals surface area contributed by atoms with E-state index in [2.05, 4.69) is 0 Å². The third kappa shape index (κ3) is 19.6. The van der Waals surface area contributed by atoms with Gasteiger partial charge in [-0.3, -0.25) is 9.59 Å². The summed E-state index contributed by atoms with van der Waals surface area (Å²) in [5, 5.41) is 3.68. The average molecular weight is 550 g/mol. The maximum atomic E-state index is 12.4. The Morgan fingerprint density at radius 3 is 1.38 bits per heavy atom. The topological polar surface area (TPSA) is 87.7 Å². The first-order valence-corrected chi connectivity index (χ1v) is 13.0. The van der Waals surface area contributed by atoms with E-state index in [1.165, 1.54) is 0 Å². The van der Waals surface area contributed by atoms with Crippen LogP contribution >= 0.6 is 0 Å². The fourth-order valence-electron chi connectivity index (χ4n) is 3.39. The number of carbonyl (C=O) groups excluding carboxylic acids is 3. The van der Waals surface area contributed by atoms with Gasteiger partial charge in [0.2, 0.25) is 0 Å². The third-order valence-corrected chi connectivity index (χ3v) is 5.53. The summed E-state index contributed by atoms with van der Waals surface area (Å²) in [5.74, 6) is -3.85. The Labute approximate surface area is 215 Å². The van der Waals surface area contributed by atoms with Crippen LogP contribution in [0.15, 0.2) is 0 Å². The van der Waals surface area contributed by atoms with E-state index in [0.717, 1.165) is 57.8 Å². The fraction of sp³-hybridized carbons (Fsp3) is 0.875. The molecule has 0 aromatic carbocycles. The number of hydrogen-bond donors (Lipinski definition) is 2. The smallest absolute Gasteiger partial charge is 0.449 e. The van der Waals surface area contributed by atoms with Gasteiger partial charge in [0.1, 0.15) is 0 Å². The lowest BCUT2D eigenvalue weighted by atomic mass is 10.1. The van der Waals surface area contributed by atoms with Crippen LogP contribution in [0.3, 0.4) is 0 Å². The van der Waals surface area contributed by atoms with Crippen LogP contribution in [0.2, 0.25) is 0 Å². The first-order chi connectivity index (χ1) is 17.4. The van der Waals surface area contributed by atoms with Crippen molar-refractivity contribution in [2.75, 3.05) is 32.8 Å². The molecule has 0 saturated heterocycles. The van der Waals surface area contributed by atoms with Gasteiger partial charge < -0.3 is 20.3 Å². The molecule has 7 nitrogen and oxygen atoms in total. The summed E-state index contributed by atoms with van der Waals surface area (Å²) >= 11 is 0. The number of carbonyl (C=O) groups is 3. The normalized spacial score (nSPS) is 11.8. The van der Waals surface area contributed by atoms with Gasteiger partial charge in [0.15, 0.2) is 0 Å². The van der Waals surface area contributed by atoms with E-state index < -0.39 is 24.2 Å². The quantitative estimate of drug-likeness (QED) is 0.147. The second-order valence-electron chi connectivity index (χ2n) is 8.85. The monoisotopic (exact) mass is 549 g/mol. The number of ether oxygens (including phenoxy) is 1. The fourth-order valence-corrected chi connectivity index (χ4v) is 3.39. The molecule has 0 spiro atoms. The first kappa shape index (κ1) is 34.8. The zero-order chi connectivity index (χ0) is 28.2. The van der Waals surface area contributed by atoms with Crippen LogP contribution in [0.1, 0.15) is 90.4 Å². The highest BCUT2D eigenvalue weighted by Crippen LogP contribution is 2.15. The molecule has 0 bridgehead atoms. The molecule has 13 heteroatoms. The highest BCUT2D eigenvalue weighted by Gasteiger charge is 2.38. The minimum absolute atomic E-state index is 0.0160.